The zero-order valence-corrected chi connectivity index (χ0v) is 13.5. The molecule has 136 valence electrons. The highest BCUT2D eigenvalue weighted by atomic mass is 32.1. The van der Waals surface area contributed by atoms with Crippen LogP contribution in [0.4, 0.5) is 0 Å². The van der Waals surface area contributed by atoms with Crippen molar-refractivity contribution in [2.75, 3.05) is 5.75 Å². The van der Waals surface area contributed by atoms with E-state index in [4.69, 9.17) is 21.7 Å². The Balaban J connectivity index is 4.73. The number of carbonyl (C=O) groups is 5. The molecule has 0 spiro atoms. The molecule has 0 aliphatic heterocycles. The number of hydrogen-bond donors (Lipinski definition) is 7. The lowest BCUT2D eigenvalue weighted by molar-refractivity contribution is -0.143. The first-order valence-corrected chi connectivity index (χ1v) is 7.41. The Hall–Kier alpha value is -2.34. The van der Waals surface area contributed by atoms with Crippen molar-refractivity contribution < 1.29 is 34.2 Å². The summed E-state index contributed by atoms with van der Waals surface area (Å²) >= 11 is 3.88. The second-order valence-corrected chi connectivity index (χ2v) is 5.22. The van der Waals surface area contributed by atoms with E-state index in [-0.39, 0.29) is 18.6 Å². The number of rotatable bonds is 11. The summed E-state index contributed by atoms with van der Waals surface area (Å²) in [7, 11) is 0. The van der Waals surface area contributed by atoms with Crippen LogP contribution in [-0.2, 0) is 24.0 Å². The lowest BCUT2D eigenvalue weighted by Gasteiger charge is -2.21. The molecule has 0 saturated carbocycles. The number of carboxylic acids is 2. The van der Waals surface area contributed by atoms with Crippen LogP contribution in [0.2, 0.25) is 0 Å². The van der Waals surface area contributed by atoms with Gasteiger partial charge in [0, 0.05) is 12.2 Å². The van der Waals surface area contributed by atoms with Gasteiger partial charge in [-0.05, 0) is 6.42 Å². The maximum absolute atomic E-state index is 12.0. The van der Waals surface area contributed by atoms with E-state index in [0.717, 1.165) is 0 Å². The summed E-state index contributed by atoms with van der Waals surface area (Å²) < 4.78 is 0. The molecule has 0 aromatic carbocycles. The number of hydrogen-bond acceptors (Lipinski definition) is 7. The maximum atomic E-state index is 12.0. The summed E-state index contributed by atoms with van der Waals surface area (Å²) in [5.74, 6) is -5.37. The molecule has 0 aromatic rings. The van der Waals surface area contributed by atoms with Crippen molar-refractivity contribution in [3.63, 3.8) is 0 Å². The lowest BCUT2D eigenvalue weighted by Crippen LogP contribution is -2.55. The van der Waals surface area contributed by atoms with Crippen LogP contribution in [0.25, 0.3) is 0 Å². The Morgan fingerprint density at radius 2 is 1.54 bits per heavy atom. The van der Waals surface area contributed by atoms with Gasteiger partial charge in [0.2, 0.25) is 17.7 Å². The average Bonchev–Trinajstić information content (AvgIpc) is 2.48. The van der Waals surface area contributed by atoms with E-state index >= 15 is 0 Å². The third kappa shape index (κ3) is 8.33. The molecule has 0 saturated heterocycles. The van der Waals surface area contributed by atoms with Gasteiger partial charge in [0.05, 0.1) is 12.5 Å². The van der Waals surface area contributed by atoms with E-state index in [1.807, 2.05) is 0 Å². The second kappa shape index (κ2) is 10.4. The first kappa shape index (κ1) is 21.7. The maximum Gasteiger partial charge on any atom is 0.326 e. The van der Waals surface area contributed by atoms with Gasteiger partial charge in [0.25, 0.3) is 0 Å². The van der Waals surface area contributed by atoms with E-state index in [9.17, 15) is 24.0 Å². The number of aliphatic carboxylic acids is 2. The summed E-state index contributed by atoms with van der Waals surface area (Å²) in [6.45, 7) is 0. The highest BCUT2D eigenvalue weighted by molar-refractivity contribution is 7.80. The van der Waals surface area contributed by atoms with Crippen LogP contribution in [0.1, 0.15) is 19.3 Å². The molecule has 24 heavy (non-hydrogen) atoms. The molecule has 0 aliphatic carbocycles. The predicted octanol–water partition coefficient (Wildman–Crippen LogP) is -2.96. The van der Waals surface area contributed by atoms with E-state index in [2.05, 4.69) is 23.3 Å². The van der Waals surface area contributed by atoms with Crippen LogP contribution < -0.4 is 22.1 Å². The van der Waals surface area contributed by atoms with Crippen LogP contribution in [0.3, 0.4) is 0 Å². The fraction of sp³-hybridized carbons (Fsp3) is 0.583. The van der Waals surface area contributed by atoms with Gasteiger partial charge in [-0.15, -0.1) is 0 Å². The highest BCUT2D eigenvalue weighted by Gasteiger charge is 2.28. The molecule has 3 atom stereocenters. The van der Waals surface area contributed by atoms with Crippen molar-refractivity contribution in [3.05, 3.63) is 0 Å². The Kier molecular flexibility index (Phi) is 9.42. The minimum atomic E-state index is -1.55. The van der Waals surface area contributed by atoms with Crippen LogP contribution in [0.15, 0.2) is 0 Å². The van der Waals surface area contributed by atoms with Crippen LogP contribution in [0, 0.1) is 0 Å². The average molecular weight is 364 g/mol. The molecule has 8 N–H and O–H groups in total. The van der Waals surface area contributed by atoms with E-state index in [1.165, 1.54) is 0 Å². The monoisotopic (exact) mass is 364 g/mol. The Morgan fingerprint density at radius 3 is 1.96 bits per heavy atom. The standard InChI is InChI=1S/C12H20N4O7S/c13-5(1-2-9(18)19)10(20)16-7(4-24)11(21)15-6(12(22)23)3-8(14)17/h5-7,24H,1-4,13H2,(H2,14,17)(H,15,21)(H,16,20)(H,18,19)(H,22,23). The van der Waals surface area contributed by atoms with Crippen molar-refractivity contribution >= 4 is 42.3 Å². The van der Waals surface area contributed by atoms with Gasteiger partial charge in [-0.3, -0.25) is 19.2 Å². The molecule has 0 aliphatic rings. The van der Waals surface area contributed by atoms with Gasteiger partial charge >= 0.3 is 11.9 Å². The number of carboxylic acid groups (broad SMARTS) is 2. The fourth-order valence-electron chi connectivity index (χ4n) is 1.56. The SMILES string of the molecule is NC(=O)CC(NC(=O)C(CS)NC(=O)C(N)CCC(=O)O)C(=O)O. The number of nitrogens with one attached hydrogen (secondary N) is 2. The molecular weight excluding hydrogens is 344 g/mol. The largest absolute Gasteiger partial charge is 0.481 e. The zero-order chi connectivity index (χ0) is 18.9. The minimum absolute atomic E-state index is 0.137. The van der Waals surface area contributed by atoms with Crippen LogP contribution >= 0.6 is 12.6 Å². The van der Waals surface area contributed by atoms with Gasteiger partial charge in [-0.25, -0.2) is 4.79 Å². The topological polar surface area (TPSA) is 202 Å². The van der Waals surface area contributed by atoms with Crippen molar-refractivity contribution in [1.29, 1.82) is 0 Å². The van der Waals surface area contributed by atoms with Crippen molar-refractivity contribution in [2.45, 2.75) is 37.4 Å². The Bertz CT molecular complexity index is 514. The molecule has 0 heterocycles. The number of primary amides is 1. The predicted molar refractivity (Wildman–Crippen MR) is 84.0 cm³/mol. The molecule has 3 amide bonds. The third-order valence-corrected chi connectivity index (χ3v) is 3.21. The first-order valence-electron chi connectivity index (χ1n) is 6.78. The number of carbonyl (C=O) groups excluding carboxylic acids is 3. The van der Waals surface area contributed by atoms with Crippen molar-refractivity contribution in [3.8, 4) is 0 Å². The summed E-state index contributed by atoms with van der Waals surface area (Å²) in [6.07, 6.45) is -1.08. The van der Waals surface area contributed by atoms with E-state index in [0.29, 0.717) is 0 Å². The van der Waals surface area contributed by atoms with Gasteiger partial charge in [-0.2, -0.15) is 12.6 Å². The highest BCUT2D eigenvalue weighted by Crippen LogP contribution is 1.99. The molecule has 0 bridgehead atoms. The molecule has 0 fully saturated rings. The lowest BCUT2D eigenvalue weighted by atomic mass is 10.1. The Labute approximate surface area is 142 Å². The van der Waals surface area contributed by atoms with E-state index < -0.39 is 54.2 Å². The molecule has 0 rings (SSSR count). The fourth-order valence-corrected chi connectivity index (χ4v) is 1.81. The molecule has 0 radical (unpaired) electrons. The molecule has 11 nitrogen and oxygen atoms in total. The number of thiol groups is 1. The Morgan fingerprint density at radius 1 is 1.00 bits per heavy atom. The van der Waals surface area contributed by atoms with Gasteiger partial charge in [0.1, 0.15) is 12.1 Å². The molecular formula is C12H20N4O7S. The van der Waals surface area contributed by atoms with Crippen LogP contribution in [-0.4, -0.2) is 63.8 Å². The van der Waals surface area contributed by atoms with Crippen molar-refractivity contribution in [2.24, 2.45) is 11.5 Å². The minimum Gasteiger partial charge on any atom is -0.481 e. The second-order valence-electron chi connectivity index (χ2n) is 4.85. The van der Waals surface area contributed by atoms with Crippen molar-refractivity contribution in [1.82, 2.24) is 10.6 Å². The van der Waals surface area contributed by atoms with Gasteiger partial charge in [0.15, 0.2) is 0 Å². The van der Waals surface area contributed by atoms with E-state index in [1.54, 1.807) is 0 Å². The molecule has 12 heteroatoms. The molecule has 3 unspecified atom stereocenters. The summed E-state index contributed by atoms with van der Waals surface area (Å²) in [6, 6.07) is -3.92. The smallest absolute Gasteiger partial charge is 0.326 e. The van der Waals surface area contributed by atoms with Gasteiger partial charge < -0.3 is 32.3 Å². The van der Waals surface area contributed by atoms with Crippen LogP contribution in [0.5, 0.6) is 0 Å². The quantitative estimate of drug-likeness (QED) is 0.188. The summed E-state index contributed by atoms with van der Waals surface area (Å²) in [4.78, 5) is 55.9. The number of nitrogens with two attached hydrogens (primary N) is 2. The normalized spacial score (nSPS) is 14.1. The number of amides is 3. The summed E-state index contributed by atoms with van der Waals surface area (Å²) in [5, 5.41) is 21.7. The summed E-state index contributed by atoms with van der Waals surface area (Å²) in [5.41, 5.74) is 10.4. The third-order valence-electron chi connectivity index (χ3n) is 2.84. The van der Waals surface area contributed by atoms with Gasteiger partial charge in [-0.1, -0.05) is 0 Å². The molecule has 0 aromatic heterocycles. The first-order chi connectivity index (χ1) is 11.1. The zero-order valence-electron chi connectivity index (χ0n) is 12.6.